The number of nitro groups is 1. The van der Waals surface area contributed by atoms with E-state index in [2.05, 4.69) is 82.2 Å². The molecule has 0 unspecified atom stereocenters. The molecule has 3 saturated carbocycles. The van der Waals surface area contributed by atoms with Crippen molar-refractivity contribution in [2.45, 2.75) is 156 Å². The summed E-state index contributed by atoms with van der Waals surface area (Å²) < 4.78 is 4.68. The molecule has 4 aliphatic carbocycles. The summed E-state index contributed by atoms with van der Waals surface area (Å²) in [6.45, 7) is 15.2. The Morgan fingerprint density at radius 3 is 2.26 bits per heavy atom. The van der Waals surface area contributed by atoms with Gasteiger partial charge >= 0.3 is 5.69 Å². The predicted octanol–water partition coefficient (Wildman–Crippen LogP) is 8.62. The number of benzene rings is 1. The molecule has 14 heteroatoms. The van der Waals surface area contributed by atoms with E-state index < -0.39 is 4.92 Å². The SMILES string of the molecule is CC(C)CCC[C@@H](C)[C@H]1CC[C@H]2[C@@H]3CC=C4C[C@@H](NCCCNC(=O)CCNC(=O)CCNC(=O)CCCCCNc5ccc([N+](=O)[O-])c6nonc56)CC[C@]4(C)[C@H]3CC[C@]12C. The second kappa shape index (κ2) is 22.0. The number of rotatable bonds is 24. The summed E-state index contributed by atoms with van der Waals surface area (Å²) in [4.78, 5) is 47.6. The average Bonchev–Trinajstić information content (AvgIpc) is 3.87. The quantitative estimate of drug-likeness (QED) is 0.0295. The van der Waals surface area contributed by atoms with Gasteiger partial charge in [0.05, 0.1) is 10.6 Å². The van der Waals surface area contributed by atoms with Gasteiger partial charge in [0, 0.05) is 57.5 Å². The van der Waals surface area contributed by atoms with Crippen LogP contribution in [-0.2, 0) is 14.4 Å². The number of carbonyl (C=O) groups excluding carboxylic acids is 3. The van der Waals surface area contributed by atoms with Gasteiger partial charge in [0.25, 0.3) is 0 Å². The summed E-state index contributed by atoms with van der Waals surface area (Å²) in [5.74, 6) is 4.78. The Kier molecular flexibility index (Phi) is 16.8. The number of unbranched alkanes of at least 4 members (excludes halogenated alkanes) is 2. The molecule has 3 amide bonds. The molecule has 62 heavy (non-hydrogen) atoms. The van der Waals surface area contributed by atoms with E-state index in [0.29, 0.717) is 54.0 Å². The Morgan fingerprint density at radius 1 is 0.790 bits per heavy atom. The van der Waals surface area contributed by atoms with Crippen molar-refractivity contribution >= 4 is 40.1 Å². The van der Waals surface area contributed by atoms with Crippen LogP contribution < -0.4 is 26.6 Å². The van der Waals surface area contributed by atoms with Crippen LogP contribution in [0.15, 0.2) is 28.4 Å². The highest BCUT2D eigenvalue weighted by molar-refractivity contribution is 5.93. The third-order valence-corrected chi connectivity index (χ3v) is 15.7. The largest absolute Gasteiger partial charge is 0.383 e. The molecule has 4 aliphatic rings. The Morgan fingerprint density at radius 2 is 1.52 bits per heavy atom. The molecule has 1 heterocycles. The first-order valence-corrected chi connectivity index (χ1v) is 24.2. The monoisotopic (exact) mass is 861 g/mol. The van der Waals surface area contributed by atoms with E-state index in [1.54, 1.807) is 11.6 Å². The highest BCUT2D eigenvalue weighted by Crippen LogP contribution is 2.67. The van der Waals surface area contributed by atoms with Crippen LogP contribution in [0.3, 0.4) is 0 Å². The molecule has 3 fully saturated rings. The zero-order valence-electron chi connectivity index (χ0n) is 38.3. The van der Waals surface area contributed by atoms with Crippen LogP contribution in [0.1, 0.15) is 150 Å². The molecule has 5 N–H and O–H groups in total. The van der Waals surface area contributed by atoms with Gasteiger partial charge in [-0.2, -0.15) is 0 Å². The first-order valence-electron chi connectivity index (χ1n) is 24.2. The van der Waals surface area contributed by atoms with Crippen LogP contribution >= 0.6 is 0 Å². The summed E-state index contributed by atoms with van der Waals surface area (Å²) in [6, 6.07) is 3.45. The maximum atomic E-state index is 12.4. The van der Waals surface area contributed by atoms with Gasteiger partial charge in [-0.15, -0.1) is 0 Å². The summed E-state index contributed by atoms with van der Waals surface area (Å²) >= 11 is 0. The number of carbonyl (C=O) groups is 3. The molecule has 1 aromatic heterocycles. The van der Waals surface area contributed by atoms with Gasteiger partial charge in [-0.05, 0) is 140 Å². The summed E-state index contributed by atoms with van der Waals surface area (Å²) in [5.41, 5.74) is 3.45. The molecular weight excluding hydrogens is 785 g/mol. The Bertz CT molecular complexity index is 1860. The van der Waals surface area contributed by atoms with Crippen LogP contribution in [0.4, 0.5) is 11.4 Å². The maximum absolute atomic E-state index is 12.4. The van der Waals surface area contributed by atoms with Crippen LogP contribution in [0.2, 0.25) is 0 Å². The molecule has 0 spiro atoms. The fourth-order valence-electron chi connectivity index (χ4n) is 12.3. The minimum Gasteiger partial charge on any atom is -0.383 e. The van der Waals surface area contributed by atoms with Crippen molar-refractivity contribution in [1.29, 1.82) is 0 Å². The lowest BCUT2D eigenvalue weighted by Crippen LogP contribution is -2.51. The van der Waals surface area contributed by atoms with Crippen molar-refractivity contribution in [3.63, 3.8) is 0 Å². The highest BCUT2D eigenvalue weighted by atomic mass is 16.6. The van der Waals surface area contributed by atoms with E-state index in [1.807, 2.05) is 0 Å². The molecule has 2 aromatic rings. The van der Waals surface area contributed by atoms with Gasteiger partial charge < -0.3 is 26.6 Å². The van der Waals surface area contributed by atoms with Gasteiger partial charge in [0.15, 0.2) is 5.52 Å². The number of aromatic nitrogens is 2. The molecule has 14 nitrogen and oxygen atoms in total. The number of allylic oxidation sites excluding steroid dienone is 1. The first-order chi connectivity index (χ1) is 29.8. The minimum atomic E-state index is -0.526. The number of fused-ring (bicyclic) bond motifs is 6. The van der Waals surface area contributed by atoms with Crippen molar-refractivity contribution in [3.05, 3.63) is 33.9 Å². The molecule has 6 rings (SSSR count). The minimum absolute atomic E-state index is 0.0712. The molecule has 8 atom stereocenters. The fourth-order valence-corrected chi connectivity index (χ4v) is 12.3. The highest BCUT2D eigenvalue weighted by Gasteiger charge is 2.59. The van der Waals surface area contributed by atoms with Crippen LogP contribution in [0, 0.1) is 56.5 Å². The van der Waals surface area contributed by atoms with Crippen molar-refractivity contribution in [2.75, 3.05) is 38.0 Å². The standard InChI is InChI=1S/C48H76N8O6/c1-32(2)11-9-12-33(3)37-16-17-38-36-15-14-34-31-35(20-24-47(34,4)39(36)21-25-48(37,38)5)49-27-10-28-51-43(58)22-30-53-44(59)23-29-52-42(57)13-7-6-8-26-50-40-18-19-41(56(60)61)46-45(40)54-62-55-46/h14,18-19,32-33,35-39,49-50H,6-13,15-17,20-31H2,1-5H3,(H,51,58)(H,52,57)(H,53,59)/t33-,35+,36+,37-,38+,39+,47+,48-/m1/s1. The van der Waals surface area contributed by atoms with Gasteiger partial charge in [-0.25, -0.2) is 4.63 Å². The topological polar surface area (TPSA) is 193 Å². The number of nitrogens with one attached hydrogen (secondary N) is 5. The number of nitrogens with zero attached hydrogens (tertiary/aromatic N) is 3. The Labute approximate surface area is 369 Å². The van der Waals surface area contributed by atoms with Gasteiger partial charge in [0.2, 0.25) is 23.2 Å². The van der Waals surface area contributed by atoms with Crippen LogP contribution in [-0.4, -0.2) is 71.7 Å². The lowest BCUT2D eigenvalue weighted by molar-refractivity contribution is -0.383. The molecule has 1 aromatic carbocycles. The molecular formula is C48H76N8O6. The van der Waals surface area contributed by atoms with Gasteiger partial charge in [-0.1, -0.05) is 72.0 Å². The zero-order chi connectivity index (χ0) is 44.3. The molecule has 0 bridgehead atoms. The predicted molar refractivity (Wildman–Crippen MR) is 243 cm³/mol. The summed E-state index contributed by atoms with van der Waals surface area (Å²) in [6.07, 6.45) is 21.4. The molecule has 344 valence electrons. The third kappa shape index (κ3) is 11.7. The normalized spacial score (nSPS) is 27.1. The second-order valence-electron chi connectivity index (χ2n) is 20.2. The lowest BCUT2D eigenvalue weighted by atomic mass is 9.47. The molecule has 0 radical (unpaired) electrons. The number of anilines is 1. The Balaban J connectivity index is 0.772. The fraction of sp³-hybridized carbons (Fsp3) is 0.771. The molecule has 0 saturated heterocycles. The number of nitro benzene ring substituents is 1. The maximum Gasteiger partial charge on any atom is 0.300 e. The van der Waals surface area contributed by atoms with Crippen molar-refractivity contribution in [2.24, 2.45) is 46.3 Å². The van der Waals surface area contributed by atoms with Crippen LogP contribution in [0.5, 0.6) is 0 Å². The molecule has 0 aliphatic heterocycles. The Hall–Kier alpha value is -4.07. The second-order valence-corrected chi connectivity index (χ2v) is 20.2. The lowest BCUT2D eigenvalue weighted by Gasteiger charge is -2.58. The van der Waals surface area contributed by atoms with Crippen molar-refractivity contribution < 1.29 is 23.9 Å². The number of non-ortho nitro benzene ring substituents is 1. The number of amides is 3. The van der Waals surface area contributed by atoms with E-state index >= 15 is 0 Å². The van der Waals surface area contributed by atoms with Crippen LogP contribution in [0.25, 0.3) is 11.0 Å². The summed E-state index contributed by atoms with van der Waals surface area (Å²) in [5, 5.41) is 34.1. The van der Waals surface area contributed by atoms with E-state index in [4.69, 9.17) is 0 Å². The van der Waals surface area contributed by atoms with E-state index in [-0.39, 0.29) is 54.9 Å². The smallest absolute Gasteiger partial charge is 0.300 e. The van der Waals surface area contributed by atoms with Crippen molar-refractivity contribution in [3.8, 4) is 0 Å². The van der Waals surface area contributed by atoms with Gasteiger partial charge in [-0.3, -0.25) is 24.5 Å². The number of hydrogen-bond donors (Lipinski definition) is 5. The summed E-state index contributed by atoms with van der Waals surface area (Å²) in [7, 11) is 0. The zero-order valence-corrected chi connectivity index (χ0v) is 38.3. The van der Waals surface area contributed by atoms with E-state index in [1.165, 1.54) is 70.3 Å². The van der Waals surface area contributed by atoms with E-state index in [9.17, 15) is 24.5 Å². The van der Waals surface area contributed by atoms with Gasteiger partial charge in [0.1, 0.15) is 0 Å². The third-order valence-electron chi connectivity index (χ3n) is 15.7. The average molecular weight is 861 g/mol. The van der Waals surface area contributed by atoms with E-state index in [0.717, 1.165) is 67.7 Å². The van der Waals surface area contributed by atoms with Crippen molar-refractivity contribution in [1.82, 2.24) is 31.6 Å². The first kappa shape index (κ1) is 47.4. The number of hydrogen-bond acceptors (Lipinski definition) is 10.